The number of aryl methyl sites for hydroxylation is 1. The molecule has 1 unspecified atom stereocenters. The smallest absolute Gasteiger partial charge is 0.329 e. The van der Waals surface area contributed by atoms with Gasteiger partial charge in [-0.1, -0.05) is 6.92 Å². The third kappa shape index (κ3) is 3.63. The number of ether oxygens (including phenoxy) is 1. The third-order valence-corrected chi connectivity index (χ3v) is 3.25. The molecule has 1 rings (SSSR count). The van der Waals surface area contributed by atoms with E-state index in [1.807, 2.05) is 6.92 Å². The first-order valence-corrected chi connectivity index (χ1v) is 6.29. The summed E-state index contributed by atoms with van der Waals surface area (Å²) < 4.78 is 5.08. The number of hydrogen-bond donors (Lipinski definition) is 3. The van der Waals surface area contributed by atoms with Crippen LogP contribution in [0.2, 0.25) is 0 Å². The van der Waals surface area contributed by atoms with Gasteiger partial charge in [0.1, 0.15) is 11.3 Å². The van der Waals surface area contributed by atoms with Gasteiger partial charge in [-0.05, 0) is 44.0 Å². The molecular weight excluding hydrogens is 260 g/mol. The standard InChI is InChI=1S/C14H20N2O4/c1-5-14(3,12(17)18)16-13(19)15-11-7-6-10(20-4)8-9(11)2/h6-8H,5H2,1-4H3,(H,17,18)(H2,15,16,19). The van der Waals surface area contributed by atoms with Crippen LogP contribution in [0.1, 0.15) is 25.8 Å². The second-order valence-corrected chi connectivity index (χ2v) is 4.75. The first-order chi connectivity index (χ1) is 9.32. The van der Waals surface area contributed by atoms with Gasteiger partial charge in [0.05, 0.1) is 7.11 Å². The average Bonchev–Trinajstić information content (AvgIpc) is 2.40. The van der Waals surface area contributed by atoms with Crippen LogP contribution in [-0.4, -0.2) is 29.8 Å². The van der Waals surface area contributed by atoms with Crippen molar-refractivity contribution in [3.63, 3.8) is 0 Å². The van der Waals surface area contributed by atoms with Gasteiger partial charge in [0.15, 0.2) is 0 Å². The Morgan fingerprint density at radius 3 is 2.50 bits per heavy atom. The third-order valence-electron chi connectivity index (χ3n) is 3.25. The highest BCUT2D eigenvalue weighted by Gasteiger charge is 2.32. The lowest BCUT2D eigenvalue weighted by Gasteiger charge is -2.24. The number of urea groups is 1. The Morgan fingerprint density at radius 2 is 2.05 bits per heavy atom. The van der Waals surface area contributed by atoms with Crippen LogP contribution in [0.3, 0.4) is 0 Å². The number of rotatable bonds is 5. The van der Waals surface area contributed by atoms with Gasteiger partial charge in [-0.25, -0.2) is 9.59 Å². The van der Waals surface area contributed by atoms with E-state index < -0.39 is 17.5 Å². The zero-order chi connectivity index (χ0) is 15.3. The first kappa shape index (κ1) is 15.8. The van der Waals surface area contributed by atoms with Crippen molar-refractivity contribution in [2.45, 2.75) is 32.7 Å². The summed E-state index contributed by atoms with van der Waals surface area (Å²) in [6, 6.07) is 4.66. The van der Waals surface area contributed by atoms with E-state index in [-0.39, 0.29) is 6.42 Å². The summed E-state index contributed by atoms with van der Waals surface area (Å²) in [6.07, 6.45) is 0.289. The van der Waals surface area contributed by atoms with Crippen molar-refractivity contribution in [1.82, 2.24) is 5.32 Å². The van der Waals surface area contributed by atoms with Gasteiger partial charge in [-0.2, -0.15) is 0 Å². The molecule has 6 nitrogen and oxygen atoms in total. The number of amides is 2. The van der Waals surface area contributed by atoms with Crippen LogP contribution in [0, 0.1) is 6.92 Å². The fourth-order valence-electron chi connectivity index (χ4n) is 1.60. The molecule has 0 radical (unpaired) electrons. The summed E-state index contributed by atoms with van der Waals surface area (Å²) in [7, 11) is 1.56. The second-order valence-electron chi connectivity index (χ2n) is 4.75. The van der Waals surface area contributed by atoms with Crippen LogP contribution in [0.25, 0.3) is 0 Å². The Morgan fingerprint density at radius 1 is 1.40 bits per heavy atom. The molecule has 2 amide bonds. The molecule has 0 aliphatic carbocycles. The number of carboxylic acids is 1. The first-order valence-electron chi connectivity index (χ1n) is 6.29. The highest BCUT2D eigenvalue weighted by molar-refractivity contribution is 5.94. The fourth-order valence-corrected chi connectivity index (χ4v) is 1.60. The summed E-state index contributed by atoms with van der Waals surface area (Å²) in [5, 5.41) is 14.2. The summed E-state index contributed by atoms with van der Waals surface area (Å²) in [5.74, 6) is -0.376. The van der Waals surface area contributed by atoms with Crippen LogP contribution in [0.5, 0.6) is 5.75 Å². The maximum atomic E-state index is 11.9. The van der Waals surface area contributed by atoms with Gasteiger partial charge < -0.3 is 20.5 Å². The number of nitrogens with one attached hydrogen (secondary N) is 2. The molecule has 0 aliphatic heterocycles. The Hall–Kier alpha value is -2.24. The van der Waals surface area contributed by atoms with Crippen molar-refractivity contribution >= 4 is 17.7 Å². The predicted octanol–water partition coefficient (Wildman–Crippen LogP) is 2.38. The molecule has 0 spiro atoms. The molecule has 6 heteroatoms. The van der Waals surface area contributed by atoms with Crippen molar-refractivity contribution in [1.29, 1.82) is 0 Å². The molecule has 1 aromatic carbocycles. The molecular formula is C14H20N2O4. The number of aliphatic carboxylic acids is 1. The SMILES string of the molecule is CCC(C)(NC(=O)Nc1ccc(OC)cc1C)C(=O)O. The Balaban J connectivity index is 2.79. The van der Waals surface area contributed by atoms with E-state index in [4.69, 9.17) is 9.84 Å². The quantitative estimate of drug-likeness (QED) is 0.772. The van der Waals surface area contributed by atoms with Crippen LogP contribution >= 0.6 is 0 Å². The molecule has 0 aromatic heterocycles. The molecule has 1 atom stereocenters. The molecule has 20 heavy (non-hydrogen) atoms. The molecule has 0 saturated heterocycles. The second kappa shape index (κ2) is 6.27. The van der Waals surface area contributed by atoms with Crippen molar-refractivity contribution in [2.24, 2.45) is 0 Å². The van der Waals surface area contributed by atoms with Gasteiger partial charge in [-0.15, -0.1) is 0 Å². The Bertz CT molecular complexity index is 516. The van der Waals surface area contributed by atoms with E-state index >= 15 is 0 Å². The maximum absolute atomic E-state index is 11.9. The van der Waals surface area contributed by atoms with E-state index in [9.17, 15) is 9.59 Å². The summed E-state index contributed by atoms with van der Waals surface area (Å²) >= 11 is 0. The number of carboxylic acid groups (broad SMARTS) is 1. The van der Waals surface area contributed by atoms with Crippen molar-refractivity contribution < 1.29 is 19.4 Å². The number of benzene rings is 1. The van der Waals surface area contributed by atoms with E-state index in [0.29, 0.717) is 11.4 Å². The highest BCUT2D eigenvalue weighted by Crippen LogP contribution is 2.21. The largest absolute Gasteiger partial charge is 0.497 e. The Kier molecular flexibility index (Phi) is 4.96. The molecule has 110 valence electrons. The van der Waals surface area contributed by atoms with Gasteiger partial charge in [0, 0.05) is 5.69 Å². The maximum Gasteiger partial charge on any atom is 0.329 e. The van der Waals surface area contributed by atoms with Gasteiger partial charge in [0.2, 0.25) is 0 Å². The van der Waals surface area contributed by atoms with Crippen molar-refractivity contribution in [2.75, 3.05) is 12.4 Å². The normalized spacial score (nSPS) is 13.2. The van der Waals surface area contributed by atoms with E-state index in [2.05, 4.69) is 10.6 Å². The van der Waals surface area contributed by atoms with Gasteiger partial charge >= 0.3 is 12.0 Å². The monoisotopic (exact) mass is 280 g/mol. The lowest BCUT2D eigenvalue weighted by Crippen LogP contribution is -2.53. The number of hydrogen-bond acceptors (Lipinski definition) is 3. The lowest BCUT2D eigenvalue weighted by molar-refractivity contribution is -0.143. The number of carbonyl (C=O) groups is 2. The molecule has 0 heterocycles. The summed E-state index contributed by atoms with van der Waals surface area (Å²) in [5.41, 5.74) is 0.143. The topological polar surface area (TPSA) is 87.7 Å². The van der Waals surface area contributed by atoms with Crippen LogP contribution in [0.4, 0.5) is 10.5 Å². The molecule has 0 bridgehead atoms. The fraction of sp³-hybridized carbons (Fsp3) is 0.429. The van der Waals surface area contributed by atoms with Crippen LogP contribution in [-0.2, 0) is 4.79 Å². The van der Waals surface area contributed by atoms with E-state index in [1.165, 1.54) is 6.92 Å². The lowest BCUT2D eigenvalue weighted by atomic mass is 10.00. The highest BCUT2D eigenvalue weighted by atomic mass is 16.5. The molecule has 0 saturated carbocycles. The minimum absolute atomic E-state index is 0.289. The predicted molar refractivity (Wildman–Crippen MR) is 76.2 cm³/mol. The van der Waals surface area contributed by atoms with E-state index in [0.717, 1.165) is 5.56 Å². The van der Waals surface area contributed by atoms with Crippen molar-refractivity contribution in [3.8, 4) is 5.75 Å². The van der Waals surface area contributed by atoms with Crippen molar-refractivity contribution in [3.05, 3.63) is 23.8 Å². The van der Waals surface area contributed by atoms with Gasteiger partial charge in [-0.3, -0.25) is 0 Å². The average molecular weight is 280 g/mol. The minimum atomic E-state index is -1.29. The summed E-state index contributed by atoms with van der Waals surface area (Å²) in [4.78, 5) is 23.0. The van der Waals surface area contributed by atoms with Gasteiger partial charge in [0.25, 0.3) is 0 Å². The molecule has 3 N–H and O–H groups in total. The van der Waals surface area contributed by atoms with E-state index in [1.54, 1.807) is 32.2 Å². The zero-order valence-electron chi connectivity index (χ0n) is 12.1. The number of anilines is 1. The molecule has 0 aliphatic rings. The van der Waals surface area contributed by atoms with Crippen LogP contribution < -0.4 is 15.4 Å². The molecule has 1 aromatic rings. The summed E-state index contributed by atoms with van der Waals surface area (Å²) in [6.45, 7) is 5.00. The Labute approximate surface area is 118 Å². The van der Waals surface area contributed by atoms with Crippen LogP contribution in [0.15, 0.2) is 18.2 Å². The number of methoxy groups -OCH3 is 1. The minimum Gasteiger partial charge on any atom is -0.497 e. The zero-order valence-corrected chi connectivity index (χ0v) is 12.1. The molecule has 0 fully saturated rings. The number of carbonyl (C=O) groups excluding carboxylic acids is 1.